The summed E-state index contributed by atoms with van der Waals surface area (Å²) in [6.07, 6.45) is 5.13. The van der Waals surface area contributed by atoms with Crippen LogP contribution in [-0.2, 0) is 6.42 Å². The summed E-state index contributed by atoms with van der Waals surface area (Å²) in [5.41, 5.74) is 9.20. The van der Waals surface area contributed by atoms with E-state index < -0.39 is 0 Å². The van der Waals surface area contributed by atoms with Crippen molar-refractivity contribution in [3.63, 3.8) is 0 Å². The van der Waals surface area contributed by atoms with E-state index in [1.807, 2.05) is 6.92 Å². The molecule has 0 saturated carbocycles. The molecule has 0 radical (unpaired) electrons. The lowest BCUT2D eigenvalue weighted by Crippen LogP contribution is -2.17. The van der Waals surface area contributed by atoms with Crippen LogP contribution in [0.15, 0.2) is 24.5 Å². The molecule has 0 spiro atoms. The molecule has 1 unspecified atom stereocenters. The van der Waals surface area contributed by atoms with Crippen LogP contribution in [0.5, 0.6) is 0 Å². The summed E-state index contributed by atoms with van der Waals surface area (Å²) in [5.74, 6) is 0.469. The number of pyridine rings is 1. The summed E-state index contributed by atoms with van der Waals surface area (Å²) in [4.78, 5) is 4.56. The van der Waals surface area contributed by atoms with E-state index in [2.05, 4.69) is 47.8 Å². The first kappa shape index (κ1) is 11.1. The predicted molar refractivity (Wildman–Crippen MR) is 66.6 cm³/mol. The van der Waals surface area contributed by atoms with Crippen LogP contribution in [0.1, 0.15) is 37.9 Å². The highest BCUT2D eigenvalue weighted by Gasteiger charge is 2.06. The third-order valence-corrected chi connectivity index (χ3v) is 2.68. The quantitative estimate of drug-likeness (QED) is 0.857. The smallest absolute Gasteiger partial charge is 0.136 e. The average Bonchev–Trinajstić information content (AvgIpc) is 2.59. The molecule has 0 saturated heterocycles. The molecule has 2 N–H and O–H groups in total. The van der Waals surface area contributed by atoms with Gasteiger partial charge in [-0.15, -0.1) is 0 Å². The first-order chi connectivity index (χ1) is 7.56. The average molecular weight is 217 g/mol. The van der Waals surface area contributed by atoms with Gasteiger partial charge in [-0.2, -0.15) is 0 Å². The lowest BCUT2D eigenvalue weighted by atomic mass is 10.1. The highest BCUT2D eigenvalue weighted by molar-refractivity contribution is 5.42. The molecule has 0 aliphatic rings. The molecule has 0 bridgehead atoms. The highest BCUT2D eigenvalue weighted by Crippen LogP contribution is 2.15. The monoisotopic (exact) mass is 217 g/mol. The number of fused-ring (bicyclic) bond motifs is 1. The van der Waals surface area contributed by atoms with Crippen LogP contribution >= 0.6 is 0 Å². The van der Waals surface area contributed by atoms with Gasteiger partial charge >= 0.3 is 0 Å². The number of imidazole rings is 1. The van der Waals surface area contributed by atoms with Crippen LogP contribution in [0.2, 0.25) is 0 Å². The fraction of sp³-hybridized carbons (Fsp3) is 0.462. The van der Waals surface area contributed by atoms with Crippen LogP contribution in [0.3, 0.4) is 0 Å². The van der Waals surface area contributed by atoms with Gasteiger partial charge in [-0.1, -0.05) is 19.9 Å². The molecule has 2 aromatic rings. The van der Waals surface area contributed by atoms with E-state index in [4.69, 9.17) is 5.73 Å². The summed E-state index contributed by atoms with van der Waals surface area (Å²) >= 11 is 0. The molecule has 1 atom stereocenters. The molecule has 0 aliphatic heterocycles. The molecule has 2 rings (SSSR count). The molecule has 0 aromatic carbocycles. The van der Waals surface area contributed by atoms with Crippen molar-refractivity contribution in [1.82, 2.24) is 9.38 Å². The predicted octanol–water partition coefficient (Wildman–Crippen LogP) is 2.35. The Morgan fingerprint density at radius 2 is 2.00 bits per heavy atom. The molecule has 16 heavy (non-hydrogen) atoms. The van der Waals surface area contributed by atoms with Crippen molar-refractivity contribution >= 4 is 5.65 Å². The van der Waals surface area contributed by atoms with E-state index in [0.717, 1.165) is 17.8 Å². The van der Waals surface area contributed by atoms with Gasteiger partial charge in [0.25, 0.3) is 0 Å². The van der Waals surface area contributed by atoms with E-state index in [9.17, 15) is 0 Å². The first-order valence-corrected chi connectivity index (χ1v) is 5.79. The summed E-state index contributed by atoms with van der Waals surface area (Å²) < 4.78 is 2.09. The topological polar surface area (TPSA) is 43.3 Å². The fourth-order valence-corrected chi connectivity index (χ4v) is 1.83. The van der Waals surface area contributed by atoms with Gasteiger partial charge in [-0.05, 0) is 30.9 Å². The Morgan fingerprint density at radius 1 is 1.25 bits per heavy atom. The number of hydrogen-bond donors (Lipinski definition) is 1. The van der Waals surface area contributed by atoms with E-state index in [-0.39, 0.29) is 6.04 Å². The van der Waals surface area contributed by atoms with E-state index >= 15 is 0 Å². The molecular formula is C13H19N3. The lowest BCUT2D eigenvalue weighted by Gasteiger charge is -2.05. The Kier molecular flexibility index (Phi) is 2.97. The summed E-state index contributed by atoms with van der Waals surface area (Å²) in [7, 11) is 0. The van der Waals surface area contributed by atoms with Gasteiger partial charge in [0.05, 0.1) is 5.69 Å². The summed E-state index contributed by atoms with van der Waals surface area (Å²) in [6.45, 7) is 6.34. The van der Waals surface area contributed by atoms with Gasteiger partial charge in [0.2, 0.25) is 0 Å². The molecule has 0 aliphatic carbocycles. The zero-order valence-corrected chi connectivity index (χ0v) is 10.1. The maximum absolute atomic E-state index is 5.80. The van der Waals surface area contributed by atoms with Crippen molar-refractivity contribution in [2.45, 2.75) is 39.2 Å². The Balaban J connectivity index is 2.38. The van der Waals surface area contributed by atoms with Gasteiger partial charge < -0.3 is 10.1 Å². The lowest BCUT2D eigenvalue weighted by molar-refractivity contribution is 0.734. The minimum Gasteiger partial charge on any atom is -0.328 e. The third kappa shape index (κ3) is 2.25. The third-order valence-electron chi connectivity index (χ3n) is 2.68. The molecule has 0 fully saturated rings. The first-order valence-electron chi connectivity index (χ1n) is 5.79. The zero-order chi connectivity index (χ0) is 11.7. The van der Waals surface area contributed by atoms with E-state index in [1.54, 1.807) is 0 Å². The van der Waals surface area contributed by atoms with Crippen molar-refractivity contribution in [3.05, 3.63) is 35.8 Å². The van der Waals surface area contributed by atoms with Crippen LogP contribution in [-0.4, -0.2) is 15.4 Å². The largest absolute Gasteiger partial charge is 0.328 e. The summed E-state index contributed by atoms with van der Waals surface area (Å²) in [5, 5.41) is 0. The maximum atomic E-state index is 5.80. The molecule has 2 heterocycles. The van der Waals surface area contributed by atoms with Gasteiger partial charge in [0.15, 0.2) is 0 Å². The van der Waals surface area contributed by atoms with Crippen LogP contribution < -0.4 is 5.73 Å². The standard InChI is InChI=1S/C13H19N3/c1-9(2)12-8-16-7-11(6-10(3)14)4-5-13(16)15-12/h4-5,7-10H,6,14H2,1-3H3. The van der Waals surface area contributed by atoms with Gasteiger partial charge in [-0.3, -0.25) is 0 Å². The van der Waals surface area contributed by atoms with Gasteiger partial charge in [-0.25, -0.2) is 4.98 Å². The van der Waals surface area contributed by atoms with Crippen molar-refractivity contribution < 1.29 is 0 Å². The second kappa shape index (κ2) is 4.26. The number of nitrogens with two attached hydrogens (primary N) is 1. The van der Waals surface area contributed by atoms with Gasteiger partial charge in [0, 0.05) is 18.4 Å². The molecule has 2 aromatic heterocycles. The Morgan fingerprint density at radius 3 is 2.62 bits per heavy atom. The van der Waals surface area contributed by atoms with Crippen LogP contribution in [0.25, 0.3) is 5.65 Å². The van der Waals surface area contributed by atoms with Crippen LogP contribution in [0, 0.1) is 0 Å². The second-order valence-corrected chi connectivity index (χ2v) is 4.80. The fourth-order valence-electron chi connectivity index (χ4n) is 1.83. The minimum absolute atomic E-state index is 0.200. The van der Waals surface area contributed by atoms with E-state index in [0.29, 0.717) is 5.92 Å². The summed E-state index contributed by atoms with van der Waals surface area (Å²) in [6, 6.07) is 4.37. The van der Waals surface area contributed by atoms with Crippen molar-refractivity contribution in [1.29, 1.82) is 0 Å². The molecule has 3 heteroatoms. The van der Waals surface area contributed by atoms with Crippen molar-refractivity contribution in [2.75, 3.05) is 0 Å². The Bertz CT molecular complexity index is 483. The number of rotatable bonds is 3. The highest BCUT2D eigenvalue weighted by atomic mass is 15.0. The number of nitrogens with zero attached hydrogens (tertiary/aromatic N) is 2. The van der Waals surface area contributed by atoms with Crippen molar-refractivity contribution in [2.24, 2.45) is 5.73 Å². The number of aromatic nitrogens is 2. The van der Waals surface area contributed by atoms with Gasteiger partial charge in [0.1, 0.15) is 5.65 Å². The second-order valence-electron chi connectivity index (χ2n) is 4.80. The zero-order valence-electron chi connectivity index (χ0n) is 10.1. The Labute approximate surface area is 96.3 Å². The van der Waals surface area contributed by atoms with Crippen LogP contribution in [0.4, 0.5) is 0 Å². The normalized spacial score (nSPS) is 13.6. The Hall–Kier alpha value is -1.35. The molecule has 3 nitrogen and oxygen atoms in total. The van der Waals surface area contributed by atoms with E-state index in [1.165, 1.54) is 5.56 Å². The maximum Gasteiger partial charge on any atom is 0.136 e. The minimum atomic E-state index is 0.200. The SMILES string of the molecule is CC(N)Cc1ccc2nc(C(C)C)cn2c1. The van der Waals surface area contributed by atoms with Crippen molar-refractivity contribution in [3.8, 4) is 0 Å². The molecule has 86 valence electrons. The molecule has 0 amide bonds. The number of hydrogen-bond acceptors (Lipinski definition) is 2. The molecular weight excluding hydrogens is 198 g/mol.